The third kappa shape index (κ3) is 4.48. The minimum absolute atomic E-state index is 0.0180. The molecule has 0 fully saturated rings. The van der Waals surface area contributed by atoms with E-state index < -0.39 is 11.5 Å². The summed E-state index contributed by atoms with van der Waals surface area (Å²) >= 11 is 0. The second-order valence-corrected chi connectivity index (χ2v) is 7.77. The van der Waals surface area contributed by atoms with Gasteiger partial charge in [-0.25, -0.2) is 10.5 Å². The van der Waals surface area contributed by atoms with Crippen LogP contribution in [0.3, 0.4) is 0 Å². The second-order valence-electron chi connectivity index (χ2n) is 7.77. The predicted octanol–water partition coefficient (Wildman–Crippen LogP) is 4.26. The maximum Gasteiger partial charge on any atom is 0.277 e. The lowest BCUT2D eigenvalue weighted by Crippen LogP contribution is -2.30. The Balaban J connectivity index is 2.19. The number of amides is 1. The van der Waals surface area contributed by atoms with E-state index in [-0.39, 0.29) is 11.0 Å². The van der Waals surface area contributed by atoms with Crippen LogP contribution in [0.1, 0.15) is 38.1 Å². The van der Waals surface area contributed by atoms with Crippen molar-refractivity contribution in [1.29, 1.82) is 0 Å². The molecule has 2 N–H and O–H groups in total. The average Bonchev–Trinajstić information content (AvgIpc) is 2.72. The van der Waals surface area contributed by atoms with Crippen LogP contribution in [-0.4, -0.2) is 21.8 Å². The highest BCUT2D eigenvalue weighted by Crippen LogP contribution is 2.31. The number of hydrogen-bond donors (Lipinski definition) is 2. The van der Waals surface area contributed by atoms with Crippen molar-refractivity contribution in [1.82, 2.24) is 15.6 Å². The fraction of sp³-hybridized carbons (Fsp3) is 0.217. The summed E-state index contributed by atoms with van der Waals surface area (Å²) in [6.07, 6.45) is 0. The lowest BCUT2D eigenvalue weighted by atomic mass is 9.91. The minimum Gasteiger partial charge on any atom is -0.267 e. The third-order valence-electron chi connectivity index (χ3n) is 4.73. The molecule has 0 bridgehead atoms. The number of carbonyl (C=O) groups excluding carboxylic acids is 1. The highest BCUT2D eigenvalue weighted by molar-refractivity contribution is 6.04. The summed E-state index contributed by atoms with van der Waals surface area (Å²) in [7, 11) is 0. The van der Waals surface area contributed by atoms with Crippen LogP contribution in [0, 0.1) is 5.41 Å². The third-order valence-corrected chi connectivity index (χ3v) is 4.73. The molecule has 0 saturated carbocycles. The fourth-order valence-corrected chi connectivity index (χ4v) is 2.72. The molecule has 0 saturated heterocycles. The van der Waals surface area contributed by atoms with Crippen molar-refractivity contribution in [3.8, 4) is 22.4 Å². The molecule has 148 valence electrons. The highest BCUT2D eigenvalue weighted by atomic mass is 16.2. The van der Waals surface area contributed by atoms with Crippen LogP contribution >= 0.6 is 0 Å². The molecule has 3 aromatic rings. The minimum atomic E-state index is -0.576. The summed E-state index contributed by atoms with van der Waals surface area (Å²) < 4.78 is 0. The Hall–Kier alpha value is -3.54. The molecule has 1 aromatic heterocycles. The number of hydrazone groups is 1. The molecule has 0 atom stereocenters. The number of nitrogens with zero attached hydrogens (tertiary/aromatic N) is 2. The van der Waals surface area contributed by atoms with Gasteiger partial charge in [0.2, 0.25) is 0 Å². The van der Waals surface area contributed by atoms with E-state index in [9.17, 15) is 9.59 Å². The Morgan fingerprint density at radius 1 is 0.966 bits per heavy atom. The summed E-state index contributed by atoms with van der Waals surface area (Å²) in [5.74, 6) is -0.576. The van der Waals surface area contributed by atoms with Crippen molar-refractivity contribution in [3.05, 3.63) is 76.6 Å². The van der Waals surface area contributed by atoms with Crippen molar-refractivity contribution in [2.24, 2.45) is 10.5 Å². The standard InChI is InChI=1S/C23H24N4O2/c1-15(23(2,3)4)24-26-21(28)19-18(16-11-7-5-8-12-16)20(25-27-22(19)29)17-13-9-6-10-14-17/h5-14H,1-4H3,(H,26,28)(H,27,29)/b24-15-. The summed E-state index contributed by atoms with van der Waals surface area (Å²) in [4.78, 5) is 25.7. The van der Waals surface area contributed by atoms with E-state index in [4.69, 9.17) is 0 Å². The Kier molecular flexibility index (Phi) is 5.73. The zero-order valence-corrected chi connectivity index (χ0v) is 17.0. The van der Waals surface area contributed by atoms with Gasteiger partial charge in [0.25, 0.3) is 11.5 Å². The number of aromatic nitrogens is 2. The number of benzene rings is 2. The SMILES string of the molecule is C/C(=N/NC(=O)c1c(-c2ccccc2)c(-c2ccccc2)n[nH]c1=O)C(C)(C)C. The number of rotatable bonds is 4. The summed E-state index contributed by atoms with van der Waals surface area (Å²) in [5, 5.41) is 10.9. The number of aromatic amines is 1. The van der Waals surface area contributed by atoms with Crippen molar-refractivity contribution in [2.45, 2.75) is 27.7 Å². The number of H-pyrrole nitrogens is 1. The largest absolute Gasteiger partial charge is 0.277 e. The molecule has 6 heteroatoms. The first-order valence-corrected chi connectivity index (χ1v) is 9.37. The van der Waals surface area contributed by atoms with Gasteiger partial charge in [-0.1, -0.05) is 81.4 Å². The maximum atomic E-state index is 13.0. The molecule has 0 aliphatic rings. The van der Waals surface area contributed by atoms with Crippen molar-refractivity contribution in [3.63, 3.8) is 0 Å². The van der Waals surface area contributed by atoms with Gasteiger partial charge < -0.3 is 0 Å². The van der Waals surface area contributed by atoms with Crippen LogP contribution in [0.15, 0.2) is 70.6 Å². The van der Waals surface area contributed by atoms with E-state index in [1.807, 2.05) is 88.4 Å². The van der Waals surface area contributed by atoms with E-state index in [0.29, 0.717) is 11.3 Å². The summed E-state index contributed by atoms with van der Waals surface area (Å²) in [5.41, 5.74) is 5.03. The molecule has 1 amide bonds. The predicted molar refractivity (Wildman–Crippen MR) is 116 cm³/mol. The maximum absolute atomic E-state index is 13.0. The van der Waals surface area contributed by atoms with Crippen molar-refractivity contribution < 1.29 is 4.79 Å². The van der Waals surface area contributed by atoms with Crippen LogP contribution in [0.25, 0.3) is 22.4 Å². The highest BCUT2D eigenvalue weighted by Gasteiger charge is 2.23. The van der Waals surface area contributed by atoms with Gasteiger partial charge in [0.1, 0.15) is 5.56 Å². The van der Waals surface area contributed by atoms with Crippen LogP contribution in [-0.2, 0) is 0 Å². The van der Waals surface area contributed by atoms with Gasteiger partial charge in [0, 0.05) is 22.3 Å². The van der Waals surface area contributed by atoms with Crippen LogP contribution in [0.4, 0.5) is 0 Å². The first-order valence-electron chi connectivity index (χ1n) is 9.37. The summed E-state index contributed by atoms with van der Waals surface area (Å²) in [6.45, 7) is 7.84. The Morgan fingerprint density at radius 2 is 1.52 bits per heavy atom. The Morgan fingerprint density at radius 3 is 2.07 bits per heavy atom. The molecular weight excluding hydrogens is 364 g/mol. The Labute approximate surface area is 169 Å². The van der Waals surface area contributed by atoms with E-state index >= 15 is 0 Å². The van der Waals surface area contributed by atoms with Gasteiger partial charge >= 0.3 is 0 Å². The van der Waals surface area contributed by atoms with E-state index in [2.05, 4.69) is 20.7 Å². The normalized spacial score (nSPS) is 11.9. The second kappa shape index (κ2) is 8.22. The number of carbonyl (C=O) groups is 1. The molecule has 1 heterocycles. The first-order chi connectivity index (χ1) is 13.8. The molecule has 0 aliphatic carbocycles. The molecular formula is C23H24N4O2. The monoisotopic (exact) mass is 388 g/mol. The van der Waals surface area contributed by atoms with Gasteiger partial charge in [-0.15, -0.1) is 0 Å². The van der Waals surface area contributed by atoms with Crippen LogP contribution in [0.5, 0.6) is 0 Å². The zero-order valence-electron chi connectivity index (χ0n) is 17.0. The molecule has 0 aliphatic heterocycles. The average molecular weight is 388 g/mol. The Bertz CT molecular complexity index is 1100. The lowest BCUT2D eigenvalue weighted by molar-refractivity contribution is 0.0953. The van der Waals surface area contributed by atoms with E-state index in [0.717, 1.165) is 16.8 Å². The smallest absolute Gasteiger partial charge is 0.267 e. The molecule has 2 aromatic carbocycles. The molecule has 29 heavy (non-hydrogen) atoms. The van der Waals surface area contributed by atoms with Crippen molar-refractivity contribution in [2.75, 3.05) is 0 Å². The number of nitrogens with one attached hydrogen (secondary N) is 2. The van der Waals surface area contributed by atoms with E-state index in [1.165, 1.54) is 0 Å². The molecule has 0 spiro atoms. The van der Waals surface area contributed by atoms with Crippen molar-refractivity contribution >= 4 is 11.6 Å². The van der Waals surface area contributed by atoms with Crippen LogP contribution < -0.4 is 11.0 Å². The van der Waals surface area contributed by atoms with E-state index in [1.54, 1.807) is 0 Å². The topological polar surface area (TPSA) is 87.2 Å². The quantitative estimate of drug-likeness (QED) is 0.517. The lowest BCUT2D eigenvalue weighted by Gasteiger charge is -2.18. The van der Waals surface area contributed by atoms with Gasteiger partial charge in [0.15, 0.2) is 0 Å². The number of hydrogen-bond acceptors (Lipinski definition) is 4. The fourth-order valence-electron chi connectivity index (χ4n) is 2.72. The van der Waals surface area contributed by atoms with Gasteiger partial charge in [-0.2, -0.15) is 10.2 Å². The van der Waals surface area contributed by atoms with Gasteiger partial charge in [0.05, 0.1) is 5.69 Å². The summed E-state index contributed by atoms with van der Waals surface area (Å²) in [6, 6.07) is 18.7. The van der Waals surface area contributed by atoms with Gasteiger partial charge in [-0.3, -0.25) is 9.59 Å². The molecule has 6 nitrogen and oxygen atoms in total. The first kappa shape index (κ1) is 20.2. The van der Waals surface area contributed by atoms with Gasteiger partial charge in [-0.05, 0) is 12.5 Å². The zero-order chi connectivity index (χ0) is 21.0. The molecule has 0 unspecified atom stereocenters. The molecule has 3 rings (SSSR count). The molecule has 0 radical (unpaired) electrons. The van der Waals surface area contributed by atoms with Crippen LogP contribution in [0.2, 0.25) is 0 Å².